The summed E-state index contributed by atoms with van der Waals surface area (Å²) in [5.74, 6) is -1.27. The number of hydrogen-bond donors (Lipinski definition) is 2. The molecule has 4 amide bonds. The van der Waals surface area contributed by atoms with Crippen LogP contribution in [-0.4, -0.2) is 64.0 Å². The number of ether oxygens (including phenoxy) is 2. The normalized spacial score (nSPS) is 16.5. The zero-order valence-electron chi connectivity index (χ0n) is 30.3. The molecule has 4 atom stereocenters. The third-order valence-electron chi connectivity index (χ3n) is 9.81. The van der Waals surface area contributed by atoms with Crippen molar-refractivity contribution in [3.8, 4) is 11.5 Å². The fraction of sp³-hybridized carbons (Fsp3) is 0.333. The molecule has 3 unspecified atom stereocenters. The van der Waals surface area contributed by atoms with E-state index in [9.17, 15) is 19.2 Å². The van der Waals surface area contributed by atoms with Crippen molar-refractivity contribution in [1.82, 2.24) is 10.6 Å². The summed E-state index contributed by atoms with van der Waals surface area (Å²) in [6.45, 7) is 0. The fourth-order valence-electron chi connectivity index (χ4n) is 6.75. The van der Waals surface area contributed by atoms with Gasteiger partial charge in [0.25, 0.3) is 0 Å². The predicted molar refractivity (Wildman–Crippen MR) is 202 cm³/mol. The van der Waals surface area contributed by atoms with Gasteiger partial charge >= 0.3 is 0 Å². The van der Waals surface area contributed by atoms with E-state index in [2.05, 4.69) is 10.6 Å². The molecule has 10 nitrogen and oxygen atoms in total. The number of anilines is 2. The second-order valence-corrected chi connectivity index (χ2v) is 13.2. The molecule has 0 saturated heterocycles. The Morgan fingerprint density at radius 3 is 1.25 bits per heavy atom. The van der Waals surface area contributed by atoms with Crippen molar-refractivity contribution in [2.75, 3.05) is 38.1 Å². The second-order valence-electron chi connectivity index (χ2n) is 13.2. The smallest absolute Gasteiger partial charge is 0.249 e. The van der Waals surface area contributed by atoms with E-state index < -0.39 is 23.9 Å². The summed E-state index contributed by atoms with van der Waals surface area (Å²) in [4.78, 5) is 59.4. The molecule has 1 fully saturated rings. The van der Waals surface area contributed by atoms with Crippen LogP contribution in [0, 0.1) is 11.8 Å². The first-order chi connectivity index (χ1) is 25.2. The van der Waals surface area contributed by atoms with Crippen LogP contribution in [0.15, 0.2) is 109 Å². The lowest BCUT2D eigenvalue weighted by molar-refractivity contribution is -0.139. The number of nitrogens with one attached hydrogen (secondary N) is 2. The van der Waals surface area contributed by atoms with Crippen molar-refractivity contribution in [3.05, 3.63) is 120 Å². The van der Waals surface area contributed by atoms with Gasteiger partial charge in [0.1, 0.15) is 23.6 Å². The first-order valence-corrected chi connectivity index (χ1v) is 17.7. The average Bonchev–Trinajstić information content (AvgIpc) is 3.20. The molecular formula is C42H48N4O6. The van der Waals surface area contributed by atoms with Gasteiger partial charge < -0.3 is 29.9 Å². The molecule has 1 aliphatic carbocycles. The summed E-state index contributed by atoms with van der Waals surface area (Å²) in [7, 11) is 6.52. The predicted octanol–water partition coefficient (Wildman–Crippen LogP) is 5.59. The number of likely N-dealkylation sites (N-methyl/N-ethyl adjacent to an activating group) is 2. The zero-order valence-corrected chi connectivity index (χ0v) is 30.3. The van der Waals surface area contributed by atoms with Gasteiger partial charge in [0.05, 0.1) is 14.2 Å². The summed E-state index contributed by atoms with van der Waals surface area (Å²) in [6, 6.07) is 31.6. The van der Waals surface area contributed by atoms with E-state index >= 15 is 0 Å². The van der Waals surface area contributed by atoms with Crippen LogP contribution in [0.4, 0.5) is 11.4 Å². The molecule has 4 aromatic rings. The second kappa shape index (κ2) is 18.0. The third kappa shape index (κ3) is 9.57. The summed E-state index contributed by atoms with van der Waals surface area (Å²) in [5.41, 5.74) is 3.10. The van der Waals surface area contributed by atoms with E-state index in [1.54, 1.807) is 76.8 Å². The Balaban J connectivity index is 1.35. The lowest BCUT2D eigenvalue weighted by Crippen LogP contribution is -2.54. The molecule has 0 aliphatic heterocycles. The Kier molecular flexibility index (Phi) is 13.0. The van der Waals surface area contributed by atoms with Crippen molar-refractivity contribution in [3.63, 3.8) is 0 Å². The van der Waals surface area contributed by atoms with E-state index in [1.807, 2.05) is 60.7 Å². The van der Waals surface area contributed by atoms with E-state index in [-0.39, 0.29) is 36.5 Å². The van der Waals surface area contributed by atoms with Crippen molar-refractivity contribution < 1.29 is 28.7 Å². The van der Waals surface area contributed by atoms with E-state index in [0.717, 1.165) is 24.0 Å². The van der Waals surface area contributed by atoms with Crippen molar-refractivity contribution in [2.45, 2.75) is 50.6 Å². The Morgan fingerprint density at radius 2 is 0.923 bits per heavy atom. The minimum atomic E-state index is -0.877. The minimum Gasteiger partial charge on any atom is -0.497 e. The lowest BCUT2D eigenvalue weighted by atomic mass is 9.77. The maximum atomic E-state index is 14.2. The summed E-state index contributed by atoms with van der Waals surface area (Å²) in [5, 5.41) is 6.08. The summed E-state index contributed by atoms with van der Waals surface area (Å²) >= 11 is 0. The van der Waals surface area contributed by atoms with Crippen molar-refractivity contribution in [1.29, 1.82) is 0 Å². The molecule has 0 heterocycles. The van der Waals surface area contributed by atoms with Gasteiger partial charge in [0, 0.05) is 50.1 Å². The molecule has 0 radical (unpaired) electrons. The lowest BCUT2D eigenvalue weighted by Gasteiger charge is -2.33. The van der Waals surface area contributed by atoms with Crippen molar-refractivity contribution in [2.24, 2.45) is 11.8 Å². The SMILES string of the molecule is COc1ccc(N(C)C(=O)C(Cc2ccccc2)NC(=O)C2CCCCC2C(=O)N[C@@H](Cc2ccccc2)C(=O)N(C)c2ccc(OC)cc2)cc1. The van der Waals surface area contributed by atoms with Crippen LogP contribution in [0.3, 0.4) is 0 Å². The van der Waals surface area contributed by atoms with Gasteiger partial charge in [-0.05, 0) is 72.5 Å². The first-order valence-electron chi connectivity index (χ1n) is 17.7. The number of methoxy groups -OCH3 is 2. The van der Waals surface area contributed by atoms with Crippen LogP contribution in [0.25, 0.3) is 0 Å². The van der Waals surface area contributed by atoms with Gasteiger partial charge in [0.2, 0.25) is 23.6 Å². The molecule has 1 saturated carbocycles. The Bertz CT molecular complexity index is 1650. The number of benzene rings is 4. The van der Waals surface area contributed by atoms with Crippen LogP contribution in [-0.2, 0) is 32.0 Å². The minimum absolute atomic E-state index is 0.279. The third-order valence-corrected chi connectivity index (χ3v) is 9.81. The molecule has 10 heteroatoms. The largest absolute Gasteiger partial charge is 0.497 e. The van der Waals surface area contributed by atoms with Gasteiger partial charge in [-0.25, -0.2) is 0 Å². The molecule has 1 aliphatic rings. The Hall–Kier alpha value is -5.64. The maximum Gasteiger partial charge on any atom is 0.249 e. The highest BCUT2D eigenvalue weighted by Crippen LogP contribution is 2.31. The van der Waals surface area contributed by atoms with Gasteiger partial charge in [-0.15, -0.1) is 0 Å². The van der Waals surface area contributed by atoms with Crippen LogP contribution >= 0.6 is 0 Å². The number of amides is 4. The molecule has 4 aromatic carbocycles. The quantitative estimate of drug-likeness (QED) is 0.177. The van der Waals surface area contributed by atoms with Gasteiger partial charge in [0.15, 0.2) is 0 Å². The number of nitrogens with zero attached hydrogens (tertiary/aromatic N) is 2. The highest BCUT2D eigenvalue weighted by Gasteiger charge is 2.39. The highest BCUT2D eigenvalue weighted by molar-refractivity contribution is 6.01. The Morgan fingerprint density at radius 1 is 0.577 bits per heavy atom. The van der Waals surface area contributed by atoms with Gasteiger partial charge in [-0.1, -0.05) is 73.5 Å². The molecule has 2 N–H and O–H groups in total. The zero-order chi connectivity index (χ0) is 37.0. The first kappa shape index (κ1) is 37.6. The molecule has 0 aromatic heterocycles. The summed E-state index contributed by atoms with van der Waals surface area (Å²) < 4.78 is 10.5. The van der Waals surface area contributed by atoms with Crippen LogP contribution in [0.1, 0.15) is 36.8 Å². The summed E-state index contributed by atoms with van der Waals surface area (Å²) in [6.07, 6.45) is 3.09. The number of carbonyl (C=O) groups excluding carboxylic acids is 4. The van der Waals surface area contributed by atoms with Crippen molar-refractivity contribution >= 4 is 35.0 Å². The number of carbonyl (C=O) groups is 4. The maximum absolute atomic E-state index is 14.2. The topological polar surface area (TPSA) is 117 Å². The molecule has 5 rings (SSSR count). The Labute approximate surface area is 306 Å². The molecule has 0 spiro atoms. The number of rotatable bonds is 14. The van der Waals surface area contributed by atoms with Crippen LogP contribution in [0.2, 0.25) is 0 Å². The van der Waals surface area contributed by atoms with E-state index in [4.69, 9.17) is 9.47 Å². The van der Waals surface area contributed by atoms with E-state index in [0.29, 0.717) is 35.7 Å². The highest BCUT2D eigenvalue weighted by atomic mass is 16.5. The standard InChI is InChI=1S/C42H48N4O6/c1-45(31-19-23-33(51-3)24-20-31)41(49)37(27-29-13-7-5-8-14-29)43-39(47)35-17-11-12-18-36(35)40(48)44-38(28-30-15-9-6-10-16-30)42(50)46(2)32-21-25-34(52-4)26-22-32/h5-10,13-16,19-26,35-38H,11-12,17-18,27-28H2,1-4H3,(H,43,47)(H,44,48)/t35?,36?,37-,38?/m0/s1. The molecule has 0 bridgehead atoms. The monoisotopic (exact) mass is 704 g/mol. The van der Waals surface area contributed by atoms with Crippen LogP contribution < -0.4 is 29.9 Å². The molecule has 272 valence electrons. The molecular weight excluding hydrogens is 656 g/mol. The average molecular weight is 705 g/mol. The van der Waals surface area contributed by atoms with E-state index in [1.165, 1.54) is 9.80 Å². The fourth-order valence-corrected chi connectivity index (χ4v) is 6.75. The number of hydrogen-bond acceptors (Lipinski definition) is 6. The van der Waals surface area contributed by atoms with Gasteiger partial charge in [-0.3, -0.25) is 19.2 Å². The molecule has 52 heavy (non-hydrogen) atoms. The van der Waals surface area contributed by atoms with Gasteiger partial charge in [-0.2, -0.15) is 0 Å². The van der Waals surface area contributed by atoms with Crippen LogP contribution in [0.5, 0.6) is 11.5 Å².